The number of hydrogen-bond donors (Lipinski definition) is 2. The predicted octanol–water partition coefficient (Wildman–Crippen LogP) is 1.56. The number of nitrogens with zero attached hydrogens (tertiary/aromatic N) is 1. The number of benzene rings is 1. The van der Waals surface area contributed by atoms with E-state index in [2.05, 4.69) is 4.72 Å². The molecule has 0 aromatic heterocycles. The first-order valence-electron chi connectivity index (χ1n) is 6.33. The SMILES string of the molecule is CCC1CC1NS(=O)(=O)c1cc([N+](=O)[O-])c(N)cc1C. The highest BCUT2D eigenvalue weighted by molar-refractivity contribution is 7.89. The van der Waals surface area contributed by atoms with E-state index in [0.29, 0.717) is 11.5 Å². The summed E-state index contributed by atoms with van der Waals surface area (Å²) in [6, 6.07) is 2.27. The third kappa shape index (κ3) is 2.75. The number of nitrogens with two attached hydrogens (primary N) is 1. The molecule has 2 rings (SSSR count). The standard InChI is InChI=1S/C12H17N3O4S/c1-3-8-5-10(8)14-20(18,19)12-6-11(15(16)17)9(13)4-7(12)2/h4,6,8,10,14H,3,5,13H2,1-2H3. The summed E-state index contributed by atoms with van der Waals surface area (Å²) < 4.78 is 27.1. The average Bonchev–Trinajstić information content (AvgIpc) is 3.05. The number of nitrogens with one attached hydrogen (secondary N) is 1. The van der Waals surface area contributed by atoms with Crippen molar-refractivity contribution in [1.82, 2.24) is 4.72 Å². The molecule has 0 aliphatic heterocycles. The fourth-order valence-corrected chi connectivity index (χ4v) is 3.82. The quantitative estimate of drug-likeness (QED) is 0.486. The second-order valence-electron chi connectivity index (χ2n) is 5.07. The Balaban J connectivity index is 2.36. The van der Waals surface area contributed by atoms with Crippen molar-refractivity contribution in [3.8, 4) is 0 Å². The Morgan fingerprint density at radius 1 is 1.50 bits per heavy atom. The molecule has 0 amide bonds. The van der Waals surface area contributed by atoms with Gasteiger partial charge in [0.1, 0.15) is 5.69 Å². The van der Waals surface area contributed by atoms with Crippen LogP contribution in [0.3, 0.4) is 0 Å². The Bertz CT molecular complexity index is 657. The molecular weight excluding hydrogens is 282 g/mol. The van der Waals surface area contributed by atoms with Gasteiger partial charge in [0, 0.05) is 12.1 Å². The Labute approximate surface area is 117 Å². The van der Waals surface area contributed by atoms with E-state index in [4.69, 9.17) is 5.73 Å². The number of hydrogen-bond acceptors (Lipinski definition) is 5. The summed E-state index contributed by atoms with van der Waals surface area (Å²) in [6.45, 7) is 3.57. The van der Waals surface area contributed by atoms with Crippen molar-refractivity contribution in [2.75, 3.05) is 5.73 Å². The van der Waals surface area contributed by atoms with E-state index >= 15 is 0 Å². The Morgan fingerprint density at radius 2 is 2.15 bits per heavy atom. The van der Waals surface area contributed by atoms with Gasteiger partial charge in [-0.25, -0.2) is 13.1 Å². The van der Waals surface area contributed by atoms with Crippen molar-refractivity contribution in [1.29, 1.82) is 0 Å². The molecule has 8 heteroatoms. The summed E-state index contributed by atoms with van der Waals surface area (Å²) in [5.41, 5.74) is 5.50. The van der Waals surface area contributed by atoms with Gasteiger partial charge in [-0.2, -0.15) is 0 Å². The maximum atomic E-state index is 12.3. The van der Waals surface area contributed by atoms with Gasteiger partial charge in [0.2, 0.25) is 10.0 Å². The summed E-state index contributed by atoms with van der Waals surface area (Å²) in [6.07, 6.45) is 1.72. The first kappa shape index (κ1) is 14.7. The second kappa shape index (κ2) is 5.02. The molecule has 2 unspecified atom stereocenters. The fraction of sp³-hybridized carbons (Fsp3) is 0.500. The molecule has 1 aliphatic rings. The number of nitro benzene ring substituents is 1. The first-order chi connectivity index (χ1) is 9.26. The van der Waals surface area contributed by atoms with Crippen LogP contribution in [0.5, 0.6) is 0 Å². The maximum absolute atomic E-state index is 12.3. The number of sulfonamides is 1. The molecule has 1 aliphatic carbocycles. The van der Waals surface area contributed by atoms with Gasteiger partial charge in [0.15, 0.2) is 0 Å². The highest BCUT2D eigenvalue weighted by Crippen LogP contribution is 2.35. The largest absolute Gasteiger partial charge is 0.393 e. The molecule has 0 radical (unpaired) electrons. The van der Waals surface area contributed by atoms with Crippen LogP contribution in [0.25, 0.3) is 0 Å². The van der Waals surface area contributed by atoms with E-state index in [1.807, 2.05) is 6.92 Å². The van der Waals surface area contributed by atoms with E-state index < -0.39 is 14.9 Å². The highest BCUT2D eigenvalue weighted by Gasteiger charge is 2.39. The van der Waals surface area contributed by atoms with Crippen LogP contribution in [-0.4, -0.2) is 19.4 Å². The lowest BCUT2D eigenvalue weighted by atomic mass is 10.2. The minimum absolute atomic E-state index is 0.0377. The molecule has 2 atom stereocenters. The van der Waals surface area contributed by atoms with Crippen LogP contribution in [0.15, 0.2) is 17.0 Å². The van der Waals surface area contributed by atoms with Gasteiger partial charge < -0.3 is 5.73 Å². The molecule has 1 aromatic carbocycles. The Morgan fingerprint density at radius 3 is 2.65 bits per heavy atom. The molecule has 1 fully saturated rings. The molecule has 1 saturated carbocycles. The molecule has 0 heterocycles. The topological polar surface area (TPSA) is 115 Å². The van der Waals surface area contributed by atoms with E-state index in [0.717, 1.165) is 18.9 Å². The molecule has 20 heavy (non-hydrogen) atoms. The van der Waals surface area contributed by atoms with Crippen molar-refractivity contribution in [3.63, 3.8) is 0 Å². The Kier molecular flexibility index (Phi) is 3.70. The molecule has 0 spiro atoms. The van der Waals surface area contributed by atoms with Gasteiger partial charge in [0.05, 0.1) is 9.82 Å². The van der Waals surface area contributed by atoms with Crippen LogP contribution in [0.2, 0.25) is 0 Å². The summed E-state index contributed by atoms with van der Waals surface area (Å²) in [5, 5.41) is 10.9. The van der Waals surface area contributed by atoms with E-state index in [-0.39, 0.29) is 22.3 Å². The number of anilines is 1. The molecule has 0 bridgehead atoms. The number of nitro groups is 1. The van der Waals surface area contributed by atoms with Crippen LogP contribution < -0.4 is 10.5 Å². The van der Waals surface area contributed by atoms with Crippen molar-refractivity contribution >= 4 is 21.4 Å². The number of rotatable bonds is 5. The second-order valence-corrected chi connectivity index (χ2v) is 6.75. The molecule has 7 nitrogen and oxygen atoms in total. The average molecular weight is 299 g/mol. The van der Waals surface area contributed by atoms with Crippen molar-refractivity contribution in [2.24, 2.45) is 5.92 Å². The van der Waals surface area contributed by atoms with Gasteiger partial charge in [0.25, 0.3) is 5.69 Å². The predicted molar refractivity (Wildman–Crippen MR) is 74.8 cm³/mol. The monoisotopic (exact) mass is 299 g/mol. The first-order valence-corrected chi connectivity index (χ1v) is 7.81. The molecule has 3 N–H and O–H groups in total. The lowest BCUT2D eigenvalue weighted by Crippen LogP contribution is -2.27. The zero-order valence-corrected chi connectivity index (χ0v) is 12.1. The van der Waals surface area contributed by atoms with Crippen LogP contribution in [-0.2, 0) is 10.0 Å². The minimum Gasteiger partial charge on any atom is -0.393 e. The van der Waals surface area contributed by atoms with Crippen molar-refractivity contribution < 1.29 is 13.3 Å². The van der Waals surface area contributed by atoms with Crippen molar-refractivity contribution in [2.45, 2.75) is 37.6 Å². The van der Waals surface area contributed by atoms with E-state index in [1.165, 1.54) is 6.07 Å². The van der Waals surface area contributed by atoms with Gasteiger partial charge in [-0.1, -0.05) is 13.3 Å². The van der Waals surface area contributed by atoms with Crippen LogP contribution >= 0.6 is 0 Å². The number of aryl methyl sites for hydroxylation is 1. The smallest absolute Gasteiger partial charge is 0.293 e. The fourth-order valence-electron chi connectivity index (χ4n) is 2.25. The highest BCUT2D eigenvalue weighted by atomic mass is 32.2. The molecule has 1 aromatic rings. The lowest BCUT2D eigenvalue weighted by molar-refractivity contribution is -0.384. The minimum atomic E-state index is -3.75. The summed E-state index contributed by atoms with van der Waals surface area (Å²) in [4.78, 5) is 10.1. The van der Waals surface area contributed by atoms with E-state index in [9.17, 15) is 18.5 Å². The normalized spacial score (nSPS) is 21.7. The lowest BCUT2D eigenvalue weighted by Gasteiger charge is -2.10. The Hall–Kier alpha value is -1.67. The van der Waals surface area contributed by atoms with Crippen LogP contribution in [0.4, 0.5) is 11.4 Å². The zero-order valence-electron chi connectivity index (χ0n) is 11.3. The van der Waals surface area contributed by atoms with Crippen LogP contribution in [0, 0.1) is 23.0 Å². The molecule has 0 saturated heterocycles. The maximum Gasteiger partial charge on any atom is 0.293 e. The van der Waals surface area contributed by atoms with Gasteiger partial charge in [-0.15, -0.1) is 0 Å². The number of nitrogen functional groups attached to an aromatic ring is 1. The van der Waals surface area contributed by atoms with Crippen molar-refractivity contribution in [3.05, 3.63) is 27.8 Å². The van der Waals surface area contributed by atoms with Gasteiger partial charge >= 0.3 is 0 Å². The summed E-state index contributed by atoms with van der Waals surface area (Å²) >= 11 is 0. The third-order valence-electron chi connectivity index (χ3n) is 3.56. The summed E-state index contributed by atoms with van der Waals surface area (Å²) in [7, 11) is -3.75. The zero-order chi connectivity index (χ0) is 15.1. The third-order valence-corrected chi connectivity index (χ3v) is 5.20. The van der Waals surface area contributed by atoms with Gasteiger partial charge in [-0.05, 0) is 30.9 Å². The summed E-state index contributed by atoms with van der Waals surface area (Å²) in [5.74, 6) is 0.355. The molecule has 110 valence electrons. The van der Waals surface area contributed by atoms with Crippen LogP contribution in [0.1, 0.15) is 25.3 Å². The van der Waals surface area contributed by atoms with Gasteiger partial charge in [-0.3, -0.25) is 10.1 Å². The molecular formula is C12H17N3O4S. The van der Waals surface area contributed by atoms with E-state index in [1.54, 1.807) is 6.92 Å².